The Labute approximate surface area is 128 Å². The second-order valence-corrected chi connectivity index (χ2v) is 6.22. The second kappa shape index (κ2) is 7.11. The van der Waals surface area contributed by atoms with Crippen LogP contribution in [0.25, 0.3) is 0 Å². The summed E-state index contributed by atoms with van der Waals surface area (Å²) in [6, 6.07) is 4.02. The van der Waals surface area contributed by atoms with E-state index in [1.165, 1.54) is 12.8 Å². The minimum Gasteiger partial charge on any atom is -0.492 e. The fourth-order valence-corrected chi connectivity index (χ4v) is 3.25. The summed E-state index contributed by atoms with van der Waals surface area (Å²) in [6.45, 7) is 2.04. The number of carbonyl (C=O) groups is 1. The van der Waals surface area contributed by atoms with Crippen LogP contribution in [-0.2, 0) is 4.79 Å². The third-order valence-electron chi connectivity index (χ3n) is 3.85. The monoisotopic (exact) mass is 340 g/mol. The Morgan fingerprint density at radius 2 is 2.10 bits per heavy atom. The van der Waals surface area contributed by atoms with E-state index in [9.17, 15) is 4.79 Å². The van der Waals surface area contributed by atoms with Crippen molar-refractivity contribution >= 4 is 22.2 Å². The Balaban J connectivity index is 2.28. The Kier molecular flexibility index (Phi) is 5.46. The van der Waals surface area contributed by atoms with Crippen molar-refractivity contribution in [2.24, 2.45) is 0 Å². The highest BCUT2D eigenvalue weighted by molar-refractivity contribution is 9.10. The number of hydrogen-bond donors (Lipinski definition) is 0. The first-order chi connectivity index (χ1) is 9.65. The van der Waals surface area contributed by atoms with E-state index in [0.717, 1.165) is 40.7 Å². The third-order valence-corrected chi connectivity index (χ3v) is 4.44. The van der Waals surface area contributed by atoms with Gasteiger partial charge in [-0.15, -0.1) is 0 Å². The van der Waals surface area contributed by atoms with Crippen molar-refractivity contribution in [2.45, 2.75) is 51.0 Å². The fourth-order valence-electron chi connectivity index (χ4n) is 2.62. The summed E-state index contributed by atoms with van der Waals surface area (Å²) >= 11 is 3.53. The van der Waals surface area contributed by atoms with Crippen LogP contribution in [0.15, 0.2) is 16.6 Å². The molecule has 0 amide bonds. The summed E-state index contributed by atoms with van der Waals surface area (Å²) in [5.74, 6) is 1.70. The van der Waals surface area contributed by atoms with Crippen molar-refractivity contribution < 1.29 is 14.3 Å². The van der Waals surface area contributed by atoms with E-state index in [1.54, 1.807) is 7.11 Å². The van der Waals surface area contributed by atoms with Crippen molar-refractivity contribution in [1.82, 2.24) is 0 Å². The van der Waals surface area contributed by atoms with Crippen molar-refractivity contribution in [2.75, 3.05) is 7.11 Å². The summed E-state index contributed by atoms with van der Waals surface area (Å²) < 4.78 is 12.4. The van der Waals surface area contributed by atoms with Gasteiger partial charge in [-0.1, -0.05) is 6.92 Å². The van der Waals surface area contributed by atoms with E-state index in [2.05, 4.69) is 15.9 Å². The molecule has 0 saturated heterocycles. The van der Waals surface area contributed by atoms with Crippen LogP contribution < -0.4 is 9.47 Å². The van der Waals surface area contributed by atoms with Gasteiger partial charge in [0, 0.05) is 6.42 Å². The first-order valence-electron chi connectivity index (χ1n) is 7.13. The molecule has 0 spiro atoms. The van der Waals surface area contributed by atoms with E-state index in [-0.39, 0.29) is 12.0 Å². The SMILES string of the molecule is COc1c(Br)cc(C(C)CC=O)cc1OC1CCCC1. The van der Waals surface area contributed by atoms with Crippen LogP contribution in [0.1, 0.15) is 50.5 Å². The molecule has 110 valence electrons. The average molecular weight is 341 g/mol. The summed E-state index contributed by atoms with van der Waals surface area (Å²) in [4.78, 5) is 10.7. The minimum atomic E-state index is 0.181. The van der Waals surface area contributed by atoms with Crippen molar-refractivity contribution in [1.29, 1.82) is 0 Å². The smallest absolute Gasteiger partial charge is 0.174 e. The normalized spacial score (nSPS) is 16.9. The number of carbonyl (C=O) groups excluding carboxylic acids is 1. The molecule has 20 heavy (non-hydrogen) atoms. The van der Waals surface area contributed by atoms with Gasteiger partial charge < -0.3 is 14.3 Å². The summed E-state index contributed by atoms with van der Waals surface area (Å²) in [6.07, 6.45) is 6.43. The Hall–Kier alpha value is -1.03. The molecule has 0 heterocycles. The van der Waals surface area contributed by atoms with Gasteiger partial charge in [-0.2, -0.15) is 0 Å². The van der Waals surface area contributed by atoms with E-state index >= 15 is 0 Å². The average Bonchev–Trinajstić information content (AvgIpc) is 2.91. The maximum absolute atomic E-state index is 10.7. The molecule has 1 aliphatic rings. The molecule has 2 rings (SSSR count). The van der Waals surface area contributed by atoms with Gasteiger partial charge in [0.15, 0.2) is 11.5 Å². The van der Waals surface area contributed by atoms with E-state index in [0.29, 0.717) is 6.42 Å². The van der Waals surface area contributed by atoms with Gasteiger partial charge in [0.25, 0.3) is 0 Å². The Morgan fingerprint density at radius 3 is 2.70 bits per heavy atom. The largest absolute Gasteiger partial charge is 0.492 e. The van der Waals surface area contributed by atoms with Crippen molar-refractivity contribution in [3.05, 3.63) is 22.2 Å². The zero-order chi connectivity index (χ0) is 14.5. The first kappa shape index (κ1) is 15.4. The van der Waals surface area contributed by atoms with Gasteiger partial charge in [0.2, 0.25) is 0 Å². The number of halogens is 1. The maximum atomic E-state index is 10.7. The summed E-state index contributed by atoms with van der Waals surface area (Å²) in [7, 11) is 1.65. The van der Waals surface area contributed by atoms with Gasteiger partial charge in [-0.05, 0) is 65.2 Å². The highest BCUT2D eigenvalue weighted by atomic mass is 79.9. The van der Waals surface area contributed by atoms with Gasteiger partial charge in [-0.25, -0.2) is 0 Å². The van der Waals surface area contributed by atoms with Gasteiger partial charge >= 0.3 is 0 Å². The topological polar surface area (TPSA) is 35.5 Å². The molecule has 0 radical (unpaired) electrons. The van der Waals surface area contributed by atoms with Crippen LogP contribution in [0.4, 0.5) is 0 Å². The predicted octanol–water partition coefficient (Wildman–Crippen LogP) is 4.47. The first-order valence-corrected chi connectivity index (χ1v) is 7.92. The lowest BCUT2D eigenvalue weighted by Crippen LogP contribution is -2.12. The zero-order valence-electron chi connectivity index (χ0n) is 12.0. The highest BCUT2D eigenvalue weighted by Gasteiger charge is 2.21. The molecular formula is C16H21BrO3. The number of benzene rings is 1. The second-order valence-electron chi connectivity index (χ2n) is 5.36. The van der Waals surface area contributed by atoms with Crippen LogP contribution in [-0.4, -0.2) is 19.5 Å². The molecule has 1 atom stereocenters. The molecule has 0 aromatic heterocycles. The number of aldehydes is 1. The summed E-state index contributed by atoms with van der Waals surface area (Å²) in [5, 5.41) is 0. The number of methoxy groups -OCH3 is 1. The van der Waals surface area contributed by atoms with Gasteiger partial charge in [-0.3, -0.25) is 0 Å². The lowest BCUT2D eigenvalue weighted by Gasteiger charge is -2.19. The fraction of sp³-hybridized carbons (Fsp3) is 0.562. The van der Waals surface area contributed by atoms with E-state index in [4.69, 9.17) is 9.47 Å². The maximum Gasteiger partial charge on any atom is 0.174 e. The van der Waals surface area contributed by atoms with Gasteiger partial charge in [0.1, 0.15) is 6.29 Å². The molecule has 0 aliphatic heterocycles. The number of hydrogen-bond acceptors (Lipinski definition) is 3. The number of ether oxygens (including phenoxy) is 2. The molecule has 1 unspecified atom stereocenters. The summed E-state index contributed by atoms with van der Waals surface area (Å²) in [5.41, 5.74) is 1.10. The number of rotatable bonds is 6. The molecule has 0 N–H and O–H groups in total. The Bertz CT molecular complexity index is 467. The van der Waals surface area contributed by atoms with E-state index < -0.39 is 0 Å². The molecule has 1 aromatic rings. The van der Waals surface area contributed by atoms with Crippen LogP contribution in [0.3, 0.4) is 0 Å². The standard InChI is InChI=1S/C16H21BrO3/c1-11(7-8-18)12-9-14(17)16(19-2)15(10-12)20-13-5-3-4-6-13/h8-11,13H,3-7H2,1-2H3. The molecule has 1 aliphatic carbocycles. The van der Waals surface area contributed by atoms with E-state index in [1.807, 2.05) is 19.1 Å². The lowest BCUT2D eigenvalue weighted by molar-refractivity contribution is -0.108. The van der Waals surface area contributed by atoms with Crippen LogP contribution in [0.5, 0.6) is 11.5 Å². The minimum absolute atomic E-state index is 0.181. The van der Waals surface area contributed by atoms with Crippen molar-refractivity contribution in [3.8, 4) is 11.5 Å². The molecule has 0 bridgehead atoms. The third kappa shape index (κ3) is 3.54. The zero-order valence-corrected chi connectivity index (χ0v) is 13.6. The molecule has 1 saturated carbocycles. The molecule has 1 aromatic carbocycles. The van der Waals surface area contributed by atoms with Crippen LogP contribution in [0, 0.1) is 0 Å². The Morgan fingerprint density at radius 1 is 1.40 bits per heavy atom. The van der Waals surface area contributed by atoms with Gasteiger partial charge in [0.05, 0.1) is 17.7 Å². The van der Waals surface area contributed by atoms with Crippen LogP contribution >= 0.6 is 15.9 Å². The molecule has 1 fully saturated rings. The highest BCUT2D eigenvalue weighted by Crippen LogP contribution is 2.40. The van der Waals surface area contributed by atoms with Crippen LogP contribution in [0.2, 0.25) is 0 Å². The molecular weight excluding hydrogens is 320 g/mol. The van der Waals surface area contributed by atoms with Crippen molar-refractivity contribution in [3.63, 3.8) is 0 Å². The quantitative estimate of drug-likeness (QED) is 0.716. The lowest BCUT2D eigenvalue weighted by atomic mass is 9.98. The predicted molar refractivity (Wildman–Crippen MR) is 82.7 cm³/mol. The molecule has 4 heteroatoms. The molecule has 3 nitrogen and oxygen atoms in total.